The van der Waals surface area contributed by atoms with Crippen molar-refractivity contribution in [3.05, 3.63) is 24.0 Å². The van der Waals surface area contributed by atoms with Gasteiger partial charge in [0.15, 0.2) is 11.6 Å². The number of nitrogens with one attached hydrogen (secondary N) is 1. The summed E-state index contributed by atoms with van der Waals surface area (Å²) in [5.74, 6) is -1.91. The summed E-state index contributed by atoms with van der Waals surface area (Å²) in [7, 11) is -3.99. The van der Waals surface area contributed by atoms with E-state index in [1.807, 2.05) is 13.8 Å². The first-order valence-corrected chi connectivity index (χ1v) is 8.15. The van der Waals surface area contributed by atoms with Crippen LogP contribution in [0.25, 0.3) is 0 Å². The van der Waals surface area contributed by atoms with Crippen LogP contribution in [0.4, 0.5) is 13.2 Å². The minimum atomic E-state index is -3.99. The molecule has 5 nitrogen and oxygen atoms in total. The van der Waals surface area contributed by atoms with Crippen LogP contribution in [0.15, 0.2) is 23.1 Å². The Morgan fingerprint density at radius 1 is 1.32 bits per heavy atom. The summed E-state index contributed by atoms with van der Waals surface area (Å²) in [5.41, 5.74) is 5.28. The SMILES string of the molecule is CCC(N)(CC)CNS(=O)(=O)c1ccc(OC(F)F)c(F)c1. The third-order valence-corrected chi connectivity index (χ3v) is 4.85. The van der Waals surface area contributed by atoms with Crippen LogP contribution < -0.4 is 15.2 Å². The minimum absolute atomic E-state index is 0.0146. The second-order valence-electron chi connectivity index (χ2n) is 4.86. The Morgan fingerprint density at radius 2 is 1.91 bits per heavy atom. The van der Waals surface area contributed by atoms with Crippen molar-refractivity contribution in [1.29, 1.82) is 0 Å². The molecule has 0 aliphatic heterocycles. The molecule has 0 bridgehead atoms. The number of nitrogens with two attached hydrogens (primary N) is 1. The lowest BCUT2D eigenvalue weighted by atomic mass is 9.95. The Morgan fingerprint density at radius 3 is 2.36 bits per heavy atom. The van der Waals surface area contributed by atoms with E-state index >= 15 is 0 Å². The molecule has 0 radical (unpaired) electrons. The van der Waals surface area contributed by atoms with Gasteiger partial charge in [0.2, 0.25) is 10.0 Å². The predicted octanol–water partition coefficient (Wildman–Crippen LogP) is 2.22. The lowest BCUT2D eigenvalue weighted by molar-refractivity contribution is -0.0522. The smallest absolute Gasteiger partial charge is 0.387 e. The molecule has 0 amide bonds. The second-order valence-corrected chi connectivity index (χ2v) is 6.63. The summed E-state index contributed by atoms with van der Waals surface area (Å²) in [6, 6.07) is 2.45. The van der Waals surface area contributed by atoms with Crippen molar-refractivity contribution in [2.45, 2.75) is 43.7 Å². The van der Waals surface area contributed by atoms with E-state index in [-0.39, 0.29) is 11.4 Å². The van der Waals surface area contributed by atoms with Gasteiger partial charge in [-0.2, -0.15) is 8.78 Å². The van der Waals surface area contributed by atoms with Gasteiger partial charge in [0.25, 0.3) is 0 Å². The number of hydrogen-bond acceptors (Lipinski definition) is 4. The van der Waals surface area contributed by atoms with Crippen LogP contribution in [0, 0.1) is 5.82 Å². The van der Waals surface area contributed by atoms with Gasteiger partial charge in [-0.1, -0.05) is 13.8 Å². The summed E-state index contributed by atoms with van der Waals surface area (Å²) in [4.78, 5) is -0.388. The van der Waals surface area contributed by atoms with Crippen LogP contribution >= 0.6 is 0 Å². The highest BCUT2D eigenvalue weighted by Crippen LogP contribution is 2.23. The van der Waals surface area contributed by atoms with E-state index in [1.165, 1.54) is 0 Å². The van der Waals surface area contributed by atoms with E-state index in [4.69, 9.17) is 5.73 Å². The van der Waals surface area contributed by atoms with Crippen molar-refractivity contribution in [1.82, 2.24) is 4.72 Å². The molecule has 3 N–H and O–H groups in total. The van der Waals surface area contributed by atoms with E-state index in [1.54, 1.807) is 0 Å². The fraction of sp³-hybridized carbons (Fsp3) is 0.538. The Hall–Kier alpha value is -1.32. The van der Waals surface area contributed by atoms with Crippen LogP contribution in [-0.2, 0) is 10.0 Å². The van der Waals surface area contributed by atoms with Gasteiger partial charge in [-0.15, -0.1) is 0 Å². The largest absolute Gasteiger partial charge is 0.432 e. The van der Waals surface area contributed by atoms with Gasteiger partial charge in [0.1, 0.15) is 0 Å². The molecular formula is C13H19F3N2O3S. The van der Waals surface area contributed by atoms with E-state index in [0.29, 0.717) is 18.9 Å². The van der Waals surface area contributed by atoms with Gasteiger partial charge in [-0.25, -0.2) is 17.5 Å². The first kappa shape index (κ1) is 18.7. The number of alkyl halides is 2. The van der Waals surface area contributed by atoms with E-state index in [0.717, 1.165) is 12.1 Å². The minimum Gasteiger partial charge on any atom is -0.432 e. The Kier molecular flexibility index (Phi) is 6.21. The molecule has 0 aliphatic rings. The van der Waals surface area contributed by atoms with Crippen molar-refractivity contribution in [2.24, 2.45) is 5.73 Å². The Bertz CT molecular complexity index is 605. The molecule has 0 atom stereocenters. The third-order valence-electron chi connectivity index (χ3n) is 3.45. The summed E-state index contributed by atoms with van der Waals surface area (Å²) in [6.07, 6.45) is 1.11. The van der Waals surface area contributed by atoms with E-state index < -0.39 is 33.7 Å². The molecule has 1 aromatic carbocycles. The molecule has 0 saturated carbocycles. The number of sulfonamides is 1. The predicted molar refractivity (Wildman–Crippen MR) is 75.7 cm³/mol. The molecule has 0 aromatic heterocycles. The van der Waals surface area contributed by atoms with Gasteiger partial charge in [-0.3, -0.25) is 0 Å². The van der Waals surface area contributed by atoms with Gasteiger partial charge < -0.3 is 10.5 Å². The molecule has 0 unspecified atom stereocenters. The maximum Gasteiger partial charge on any atom is 0.387 e. The van der Waals surface area contributed by atoms with Crippen molar-refractivity contribution in [3.8, 4) is 5.75 Å². The van der Waals surface area contributed by atoms with Crippen LogP contribution in [0.2, 0.25) is 0 Å². The van der Waals surface area contributed by atoms with Gasteiger partial charge in [-0.05, 0) is 31.0 Å². The van der Waals surface area contributed by atoms with Crippen molar-refractivity contribution in [3.63, 3.8) is 0 Å². The lowest BCUT2D eigenvalue weighted by Crippen LogP contribution is -2.49. The fourth-order valence-electron chi connectivity index (χ4n) is 1.66. The molecule has 9 heteroatoms. The average Bonchev–Trinajstić information content (AvgIpc) is 2.46. The topological polar surface area (TPSA) is 81.4 Å². The molecule has 1 rings (SSSR count). The Balaban J connectivity index is 2.92. The number of hydrogen-bond donors (Lipinski definition) is 2. The molecule has 0 fully saturated rings. The number of ether oxygens (including phenoxy) is 1. The zero-order valence-corrected chi connectivity index (χ0v) is 13.1. The molecule has 1 aromatic rings. The molecule has 0 heterocycles. The van der Waals surface area contributed by atoms with Crippen molar-refractivity contribution in [2.75, 3.05) is 6.54 Å². The lowest BCUT2D eigenvalue weighted by Gasteiger charge is -2.26. The molecular weight excluding hydrogens is 321 g/mol. The average molecular weight is 340 g/mol. The van der Waals surface area contributed by atoms with Crippen molar-refractivity contribution >= 4 is 10.0 Å². The zero-order valence-electron chi connectivity index (χ0n) is 12.3. The highest BCUT2D eigenvalue weighted by Gasteiger charge is 2.25. The van der Waals surface area contributed by atoms with Crippen LogP contribution in [-0.4, -0.2) is 27.1 Å². The Labute approximate surface area is 127 Å². The first-order chi connectivity index (χ1) is 10.1. The maximum absolute atomic E-state index is 13.6. The fourth-order valence-corrected chi connectivity index (χ4v) is 2.81. The van der Waals surface area contributed by atoms with Gasteiger partial charge in [0, 0.05) is 12.1 Å². The van der Waals surface area contributed by atoms with Crippen molar-refractivity contribution < 1.29 is 26.3 Å². The summed E-state index contributed by atoms with van der Waals surface area (Å²) in [6.45, 7) is 0.447. The second kappa shape index (κ2) is 7.30. The standard InChI is InChI=1S/C13H19F3N2O3S/c1-3-13(17,4-2)8-18-22(19,20)9-5-6-11(10(14)7-9)21-12(15)16/h5-7,12,18H,3-4,8,17H2,1-2H3. The summed E-state index contributed by atoms with van der Waals surface area (Å²) >= 11 is 0. The summed E-state index contributed by atoms with van der Waals surface area (Å²) in [5, 5.41) is 0. The number of halogens is 3. The van der Waals surface area contributed by atoms with Crippen LogP contribution in [0.1, 0.15) is 26.7 Å². The zero-order chi connectivity index (χ0) is 17.0. The molecule has 0 spiro atoms. The highest BCUT2D eigenvalue weighted by atomic mass is 32.2. The highest BCUT2D eigenvalue weighted by molar-refractivity contribution is 7.89. The molecule has 22 heavy (non-hydrogen) atoms. The first-order valence-electron chi connectivity index (χ1n) is 6.66. The molecule has 0 saturated heterocycles. The van der Waals surface area contributed by atoms with Gasteiger partial charge >= 0.3 is 6.61 Å². The number of rotatable bonds is 8. The summed E-state index contributed by atoms with van der Waals surface area (Å²) < 4.78 is 68.0. The van der Waals surface area contributed by atoms with E-state index in [9.17, 15) is 21.6 Å². The molecule has 0 aliphatic carbocycles. The normalized spacial score (nSPS) is 12.7. The van der Waals surface area contributed by atoms with Crippen LogP contribution in [0.5, 0.6) is 5.75 Å². The monoisotopic (exact) mass is 340 g/mol. The molecule has 126 valence electrons. The van der Waals surface area contributed by atoms with Gasteiger partial charge in [0.05, 0.1) is 4.90 Å². The third kappa shape index (κ3) is 4.85. The van der Waals surface area contributed by atoms with Crippen LogP contribution in [0.3, 0.4) is 0 Å². The number of benzene rings is 1. The maximum atomic E-state index is 13.6. The van der Waals surface area contributed by atoms with E-state index in [2.05, 4.69) is 9.46 Å². The quantitative estimate of drug-likeness (QED) is 0.760.